The Morgan fingerprint density at radius 3 is 2.49 bits per heavy atom. The average molecular weight is 620 g/mol. The number of Topliss-reactive ketones (excluding diaryl/α,β-unsaturated/α-hetero) is 1. The number of carbonyl (C=O) groups is 3. The van der Waals surface area contributed by atoms with E-state index >= 15 is 0 Å². The first kappa shape index (κ1) is 31.7. The maximum absolute atomic E-state index is 13.8. The number of likely N-dealkylation sites (tertiary alicyclic amines) is 1. The summed E-state index contributed by atoms with van der Waals surface area (Å²) in [6, 6.07) is 11.1. The molecule has 5 rings (SSSR count). The van der Waals surface area contributed by atoms with Gasteiger partial charge in [0.05, 0.1) is 29.1 Å². The minimum Gasteiger partial charge on any atom is -0.486 e. The number of nitrogens with zero attached hydrogens (tertiary/aromatic N) is 2. The summed E-state index contributed by atoms with van der Waals surface area (Å²) in [6.45, 7) is 6.34. The van der Waals surface area contributed by atoms with Gasteiger partial charge in [-0.3, -0.25) is 19.8 Å². The van der Waals surface area contributed by atoms with E-state index in [1.165, 1.54) is 25.3 Å². The zero-order valence-electron chi connectivity index (χ0n) is 25.6. The summed E-state index contributed by atoms with van der Waals surface area (Å²) in [5, 5.41) is 14.6. The van der Waals surface area contributed by atoms with Crippen LogP contribution in [0.15, 0.2) is 65.0 Å². The molecule has 0 radical (unpaired) electrons. The van der Waals surface area contributed by atoms with Crippen molar-refractivity contribution in [3.63, 3.8) is 0 Å². The van der Waals surface area contributed by atoms with Gasteiger partial charge in [-0.25, -0.2) is 9.59 Å². The van der Waals surface area contributed by atoms with Crippen molar-refractivity contribution in [2.45, 2.75) is 51.6 Å². The second-order valence-electron chi connectivity index (χ2n) is 11.3. The summed E-state index contributed by atoms with van der Waals surface area (Å²) in [6.07, 6.45) is 2.08. The van der Waals surface area contributed by atoms with Gasteiger partial charge in [-0.2, -0.15) is 0 Å². The van der Waals surface area contributed by atoms with Crippen molar-refractivity contribution in [1.82, 2.24) is 10.2 Å². The zero-order valence-corrected chi connectivity index (χ0v) is 25.6. The Labute approximate surface area is 261 Å². The molecule has 1 fully saturated rings. The van der Waals surface area contributed by atoms with Gasteiger partial charge in [0.2, 0.25) is 0 Å². The lowest BCUT2D eigenvalue weighted by Crippen LogP contribution is -2.42. The van der Waals surface area contributed by atoms with Crippen molar-refractivity contribution in [3.8, 4) is 11.5 Å². The molecule has 12 nitrogen and oxygen atoms in total. The van der Waals surface area contributed by atoms with Crippen molar-refractivity contribution >= 4 is 23.4 Å². The minimum atomic E-state index is -0.919. The van der Waals surface area contributed by atoms with E-state index in [4.69, 9.17) is 18.9 Å². The van der Waals surface area contributed by atoms with Crippen LogP contribution in [0.4, 0.5) is 5.69 Å². The molecule has 2 atom stereocenters. The van der Waals surface area contributed by atoms with Crippen LogP contribution >= 0.6 is 0 Å². The average Bonchev–Trinajstić information content (AvgIpc) is 3.04. The number of rotatable bonds is 10. The fourth-order valence-electron chi connectivity index (χ4n) is 6.15. The van der Waals surface area contributed by atoms with Gasteiger partial charge >= 0.3 is 11.9 Å². The SMILES string of the molecule is COC(=O)C1=C(C)NC(C)=C(C(=O)O[C@@H]2CCCN(CCCC(=O)c3ccc4c(c3)OCCO4)C2)[C@H]1c1cccc([N+](=O)[O-])c1. The van der Waals surface area contributed by atoms with E-state index in [2.05, 4.69) is 10.2 Å². The molecular weight excluding hydrogens is 582 g/mol. The van der Waals surface area contributed by atoms with Crippen molar-refractivity contribution in [2.75, 3.05) is 40.0 Å². The number of ketones is 1. The maximum Gasteiger partial charge on any atom is 0.337 e. The van der Waals surface area contributed by atoms with Gasteiger partial charge in [-0.1, -0.05) is 12.1 Å². The number of esters is 2. The van der Waals surface area contributed by atoms with Crippen LogP contribution in [-0.2, 0) is 19.1 Å². The summed E-state index contributed by atoms with van der Waals surface area (Å²) in [7, 11) is 1.25. The molecule has 3 aliphatic rings. The first-order valence-electron chi connectivity index (χ1n) is 15.0. The number of methoxy groups -OCH3 is 1. The highest BCUT2D eigenvalue weighted by molar-refractivity contribution is 6.00. The Bertz CT molecular complexity index is 1560. The summed E-state index contributed by atoms with van der Waals surface area (Å²) in [5.41, 5.74) is 2.20. The molecule has 238 valence electrons. The van der Waals surface area contributed by atoms with Gasteiger partial charge in [0.1, 0.15) is 19.3 Å². The number of piperidine rings is 1. The van der Waals surface area contributed by atoms with E-state index < -0.39 is 28.9 Å². The van der Waals surface area contributed by atoms with E-state index in [0.29, 0.717) is 79.6 Å². The molecule has 1 saturated heterocycles. The highest BCUT2D eigenvalue weighted by atomic mass is 16.6. The molecule has 3 aliphatic heterocycles. The van der Waals surface area contributed by atoms with Gasteiger partial charge < -0.3 is 24.3 Å². The maximum atomic E-state index is 13.8. The lowest BCUT2D eigenvalue weighted by atomic mass is 9.80. The smallest absolute Gasteiger partial charge is 0.337 e. The number of carbonyl (C=O) groups excluding carboxylic acids is 3. The number of nitro groups is 1. The highest BCUT2D eigenvalue weighted by Crippen LogP contribution is 2.40. The third-order valence-electron chi connectivity index (χ3n) is 8.28. The zero-order chi connectivity index (χ0) is 32.1. The van der Waals surface area contributed by atoms with Gasteiger partial charge in [-0.15, -0.1) is 0 Å². The minimum absolute atomic E-state index is 0.0242. The number of allylic oxidation sites excluding steroid dienone is 2. The van der Waals surface area contributed by atoms with Crippen LogP contribution in [0.2, 0.25) is 0 Å². The summed E-state index contributed by atoms with van der Waals surface area (Å²) in [4.78, 5) is 52.8. The molecule has 1 N–H and O–H groups in total. The Kier molecular flexibility index (Phi) is 9.82. The first-order chi connectivity index (χ1) is 21.7. The van der Waals surface area contributed by atoms with E-state index in [9.17, 15) is 24.5 Å². The highest BCUT2D eigenvalue weighted by Gasteiger charge is 2.39. The van der Waals surface area contributed by atoms with Crippen LogP contribution < -0.4 is 14.8 Å². The van der Waals surface area contributed by atoms with Gasteiger partial charge in [0.15, 0.2) is 17.3 Å². The number of benzene rings is 2. The van der Waals surface area contributed by atoms with Crippen molar-refractivity contribution in [3.05, 3.63) is 86.2 Å². The Morgan fingerprint density at radius 2 is 1.76 bits per heavy atom. The topological polar surface area (TPSA) is 147 Å². The number of dihydropyridines is 1. The van der Waals surface area contributed by atoms with Crippen LogP contribution in [0.1, 0.15) is 61.4 Å². The normalized spacial score (nSPS) is 19.9. The molecule has 45 heavy (non-hydrogen) atoms. The molecule has 2 aromatic rings. The van der Waals surface area contributed by atoms with Gasteiger partial charge in [0, 0.05) is 42.1 Å². The molecular formula is C33H37N3O9. The van der Waals surface area contributed by atoms with Crippen LogP contribution in [0.25, 0.3) is 0 Å². The molecule has 12 heteroatoms. The molecule has 0 saturated carbocycles. The van der Waals surface area contributed by atoms with Crippen LogP contribution in [0.5, 0.6) is 11.5 Å². The number of fused-ring (bicyclic) bond motifs is 1. The van der Waals surface area contributed by atoms with Crippen molar-refractivity contribution < 1.29 is 38.3 Å². The Balaban J connectivity index is 1.24. The quantitative estimate of drug-likeness (QED) is 0.174. The largest absolute Gasteiger partial charge is 0.486 e. The summed E-state index contributed by atoms with van der Waals surface area (Å²) < 4.78 is 22.2. The second-order valence-corrected chi connectivity index (χ2v) is 11.3. The van der Waals surface area contributed by atoms with E-state index in [0.717, 1.165) is 13.0 Å². The lowest BCUT2D eigenvalue weighted by Gasteiger charge is -2.34. The number of nitrogens with one attached hydrogen (secondary N) is 1. The number of hydrogen-bond donors (Lipinski definition) is 1. The third kappa shape index (κ3) is 7.17. The fraction of sp³-hybridized carbons (Fsp3) is 0.424. The van der Waals surface area contributed by atoms with Crippen LogP contribution in [0.3, 0.4) is 0 Å². The monoisotopic (exact) mass is 619 g/mol. The first-order valence-corrected chi connectivity index (χ1v) is 15.0. The standard InChI is InChI=1S/C33H37N3O9/c1-20-29(32(38)42-3)31(23-7-4-8-24(17-23)36(40)41)30(21(2)34-20)33(39)45-25-9-5-13-35(19-25)14-6-10-26(37)22-11-12-27-28(18-22)44-16-15-43-27/h4,7-8,11-12,17-18,25,31,34H,5-6,9-10,13-16,19H2,1-3H3/t25-,31+/m1/s1. The Morgan fingerprint density at radius 1 is 1.02 bits per heavy atom. The Hall–Kier alpha value is -4.71. The molecule has 0 unspecified atom stereocenters. The van der Waals surface area contributed by atoms with E-state index in [1.54, 1.807) is 38.1 Å². The van der Waals surface area contributed by atoms with Gasteiger partial charge in [0.25, 0.3) is 5.69 Å². The number of hydrogen-bond acceptors (Lipinski definition) is 11. The fourth-order valence-corrected chi connectivity index (χ4v) is 6.15. The third-order valence-corrected chi connectivity index (χ3v) is 8.28. The molecule has 0 bridgehead atoms. The van der Waals surface area contributed by atoms with Crippen LogP contribution in [-0.4, -0.2) is 73.6 Å². The van der Waals surface area contributed by atoms with Gasteiger partial charge in [-0.05, 0) is 70.0 Å². The van der Waals surface area contributed by atoms with E-state index in [1.807, 2.05) is 0 Å². The molecule has 0 spiro atoms. The molecule has 0 amide bonds. The molecule has 3 heterocycles. The predicted molar refractivity (Wildman–Crippen MR) is 163 cm³/mol. The molecule has 0 aliphatic carbocycles. The second kappa shape index (κ2) is 13.9. The number of nitro benzene ring substituents is 1. The van der Waals surface area contributed by atoms with Crippen molar-refractivity contribution in [2.24, 2.45) is 0 Å². The number of non-ortho nitro benzene ring substituents is 1. The molecule has 0 aromatic heterocycles. The number of ether oxygens (including phenoxy) is 4. The lowest BCUT2D eigenvalue weighted by molar-refractivity contribution is -0.384. The predicted octanol–water partition coefficient (Wildman–Crippen LogP) is 4.44. The van der Waals surface area contributed by atoms with Crippen molar-refractivity contribution in [1.29, 1.82) is 0 Å². The summed E-state index contributed by atoms with van der Waals surface area (Å²) in [5.74, 6) is -0.919. The van der Waals surface area contributed by atoms with E-state index in [-0.39, 0.29) is 22.6 Å². The summed E-state index contributed by atoms with van der Waals surface area (Å²) >= 11 is 0. The van der Waals surface area contributed by atoms with Crippen LogP contribution in [0, 0.1) is 10.1 Å². The molecule has 2 aromatic carbocycles.